The van der Waals surface area contributed by atoms with Gasteiger partial charge in [0.2, 0.25) is 0 Å². The molecule has 0 saturated heterocycles. The average Bonchev–Trinajstić information content (AvgIpc) is 2.89. The predicted octanol–water partition coefficient (Wildman–Crippen LogP) is 3.16. The molecule has 0 aliphatic rings. The predicted molar refractivity (Wildman–Crippen MR) is 77.3 cm³/mol. The molecule has 0 aliphatic carbocycles. The van der Waals surface area contributed by atoms with Crippen molar-refractivity contribution in [1.29, 1.82) is 0 Å². The Morgan fingerprint density at radius 3 is 2.68 bits per heavy atom. The SMILES string of the molecule is CCCn1ccnc1C(O)(CCCl)c1ccccc1. The van der Waals surface area contributed by atoms with E-state index < -0.39 is 5.60 Å². The van der Waals surface area contributed by atoms with Crippen molar-refractivity contribution in [3.05, 3.63) is 54.1 Å². The van der Waals surface area contributed by atoms with Gasteiger partial charge in [-0.1, -0.05) is 37.3 Å². The molecular formula is C15H19ClN2O. The van der Waals surface area contributed by atoms with Crippen molar-refractivity contribution in [1.82, 2.24) is 9.55 Å². The lowest BCUT2D eigenvalue weighted by Crippen LogP contribution is -2.32. The molecule has 1 N–H and O–H groups in total. The van der Waals surface area contributed by atoms with Crippen LogP contribution >= 0.6 is 11.6 Å². The highest BCUT2D eigenvalue weighted by Crippen LogP contribution is 2.32. The van der Waals surface area contributed by atoms with Crippen LogP contribution < -0.4 is 0 Å². The molecule has 0 aliphatic heterocycles. The molecule has 1 aromatic heterocycles. The van der Waals surface area contributed by atoms with E-state index in [1.807, 2.05) is 41.1 Å². The highest BCUT2D eigenvalue weighted by atomic mass is 35.5. The second-order valence-corrected chi connectivity index (χ2v) is 4.99. The van der Waals surface area contributed by atoms with E-state index in [4.69, 9.17) is 11.6 Å². The number of aryl methyl sites for hydroxylation is 1. The summed E-state index contributed by atoms with van der Waals surface area (Å²) in [6.45, 7) is 2.94. The lowest BCUT2D eigenvalue weighted by Gasteiger charge is -2.28. The summed E-state index contributed by atoms with van der Waals surface area (Å²) in [4.78, 5) is 4.36. The van der Waals surface area contributed by atoms with Crippen LogP contribution in [0.4, 0.5) is 0 Å². The highest BCUT2D eigenvalue weighted by molar-refractivity contribution is 6.17. The monoisotopic (exact) mass is 278 g/mol. The highest BCUT2D eigenvalue weighted by Gasteiger charge is 2.34. The minimum Gasteiger partial charge on any atom is -0.377 e. The van der Waals surface area contributed by atoms with Crippen LogP contribution in [0.15, 0.2) is 42.7 Å². The molecule has 0 fully saturated rings. The van der Waals surface area contributed by atoms with Crippen LogP contribution in [-0.4, -0.2) is 20.5 Å². The smallest absolute Gasteiger partial charge is 0.148 e. The molecule has 1 heterocycles. The third-order valence-corrected chi connectivity index (χ3v) is 3.45. The maximum absolute atomic E-state index is 11.1. The van der Waals surface area contributed by atoms with Gasteiger partial charge in [0.05, 0.1) is 0 Å². The molecule has 19 heavy (non-hydrogen) atoms. The van der Waals surface area contributed by atoms with Gasteiger partial charge < -0.3 is 9.67 Å². The quantitative estimate of drug-likeness (QED) is 0.824. The van der Waals surface area contributed by atoms with E-state index in [9.17, 15) is 5.11 Å². The number of aliphatic hydroxyl groups is 1. The first kappa shape index (κ1) is 14.1. The second kappa shape index (κ2) is 6.22. The summed E-state index contributed by atoms with van der Waals surface area (Å²) in [6.07, 6.45) is 5.07. The van der Waals surface area contributed by atoms with Crippen LogP contribution in [0.2, 0.25) is 0 Å². The molecular weight excluding hydrogens is 260 g/mol. The minimum absolute atomic E-state index is 0.379. The molecule has 3 nitrogen and oxygen atoms in total. The van der Waals surface area contributed by atoms with Crippen molar-refractivity contribution in [3.63, 3.8) is 0 Å². The molecule has 1 unspecified atom stereocenters. The molecule has 0 spiro atoms. The van der Waals surface area contributed by atoms with Crippen LogP contribution in [-0.2, 0) is 12.1 Å². The average molecular weight is 279 g/mol. The Balaban J connectivity index is 2.47. The van der Waals surface area contributed by atoms with E-state index >= 15 is 0 Å². The minimum atomic E-state index is -1.12. The van der Waals surface area contributed by atoms with Gasteiger partial charge in [-0.05, 0) is 12.0 Å². The van der Waals surface area contributed by atoms with E-state index in [0.717, 1.165) is 18.5 Å². The van der Waals surface area contributed by atoms with Crippen LogP contribution in [0.3, 0.4) is 0 Å². The molecule has 0 amide bonds. The number of halogens is 1. The Labute approximate surface area is 118 Å². The number of benzene rings is 1. The zero-order valence-electron chi connectivity index (χ0n) is 11.1. The number of alkyl halides is 1. The van der Waals surface area contributed by atoms with E-state index in [2.05, 4.69) is 11.9 Å². The van der Waals surface area contributed by atoms with E-state index in [-0.39, 0.29) is 0 Å². The van der Waals surface area contributed by atoms with Crippen LogP contribution in [0, 0.1) is 0 Å². The van der Waals surface area contributed by atoms with Crippen LogP contribution in [0.25, 0.3) is 0 Å². The summed E-state index contributed by atoms with van der Waals surface area (Å²) < 4.78 is 2.00. The van der Waals surface area contributed by atoms with E-state index in [1.54, 1.807) is 6.20 Å². The Morgan fingerprint density at radius 2 is 2.05 bits per heavy atom. The summed E-state index contributed by atoms with van der Waals surface area (Å²) in [5.74, 6) is 1.05. The number of hydrogen-bond donors (Lipinski definition) is 1. The Morgan fingerprint density at radius 1 is 1.32 bits per heavy atom. The molecule has 102 valence electrons. The van der Waals surface area contributed by atoms with E-state index in [0.29, 0.717) is 18.1 Å². The Bertz CT molecular complexity index is 512. The van der Waals surface area contributed by atoms with Gasteiger partial charge in [-0.25, -0.2) is 4.98 Å². The lowest BCUT2D eigenvalue weighted by molar-refractivity contribution is 0.0639. The summed E-state index contributed by atoms with van der Waals surface area (Å²) >= 11 is 5.89. The van der Waals surface area contributed by atoms with Gasteiger partial charge in [-0.2, -0.15) is 0 Å². The zero-order valence-corrected chi connectivity index (χ0v) is 11.8. The number of hydrogen-bond acceptors (Lipinski definition) is 2. The molecule has 1 aromatic carbocycles. The summed E-state index contributed by atoms with van der Waals surface area (Å²) in [7, 11) is 0. The van der Waals surface area contributed by atoms with Gasteiger partial charge >= 0.3 is 0 Å². The van der Waals surface area contributed by atoms with Crippen molar-refractivity contribution in [2.75, 3.05) is 5.88 Å². The third kappa shape index (κ3) is 2.82. The van der Waals surface area contributed by atoms with Gasteiger partial charge in [-0.3, -0.25) is 0 Å². The molecule has 2 rings (SSSR count). The number of nitrogens with zero attached hydrogens (tertiary/aromatic N) is 2. The maximum atomic E-state index is 11.1. The zero-order chi connectivity index (χ0) is 13.7. The number of imidazole rings is 1. The lowest BCUT2D eigenvalue weighted by atomic mass is 9.90. The Kier molecular flexibility index (Phi) is 4.61. The van der Waals surface area contributed by atoms with Gasteiger partial charge in [0.15, 0.2) is 0 Å². The molecule has 2 aromatic rings. The third-order valence-electron chi connectivity index (χ3n) is 3.26. The molecule has 4 heteroatoms. The first-order chi connectivity index (χ1) is 9.22. The summed E-state index contributed by atoms with van der Waals surface area (Å²) in [6, 6.07) is 9.60. The first-order valence-corrected chi connectivity index (χ1v) is 7.11. The fourth-order valence-corrected chi connectivity index (χ4v) is 2.60. The molecule has 0 saturated carbocycles. The van der Waals surface area contributed by atoms with Crippen molar-refractivity contribution in [3.8, 4) is 0 Å². The standard InChI is InChI=1S/C15H19ClN2O/c1-2-11-18-12-10-17-14(18)15(19,8-9-16)13-6-4-3-5-7-13/h3-7,10,12,19H,2,8-9,11H2,1H3. The number of aromatic nitrogens is 2. The normalized spacial score (nSPS) is 14.3. The van der Waals surface area contributed by atoms with Crippen molar-refractivity contribution >= 4 is 11.6 Å². The largest absolute Gasteiger partial charge is 0.377 e. The summed E-state index contributed by atoms with van der Waals surface area (Å²) in [5, 5.41) is 11.1. The van der Waals surface area contributed by atoms with Gasteiger partial charge in [-0.15, -0.1) is 11.6 Å². The second-order valence-electron chi connectivity index (χ2n) is 4.61. The van der Waals surface area contributed by atoms with Gasteiger partial charge in [0.1, 0.15) is 11.4 Å². The van der Waals surface area contributed by atoms with Gasteiger partial charge in [0, 0.05) is 31.2 Å². The van der Waals surface area contributed by atoms with Crippen molar-refractivity contribution in [2.24, 2.45) is 0 Å². The topological polar surface area (TPSA) is 38.0 Å². The van der Waals surface area contributed by atoms with Crippen LogP contribution in [0.1, 0.15) is 31.2 Å². The molecule has 0 radical (unpaired) electrons. The maximum Gasteiger partial charge on any atom is 0.148 e. The molecule has 1 atom stereocenters. The van der Waals surface area contributed by atoms with Crippen molar-refractivity contribution in [2.45, 2.75) is 31.9 Å². The fraction of sp³-hybridized carbons (Fsp3) is 0.400. The van der Waals surface area contributed by atoms with Crippen molar-refractivity contribution < 1.29 is 5.11 Å². The summed E-state index contributed by atoms with van der Waals surface area (Å²) in [5.41, 5.74) is -0.291. The fourth-order valence-electron chi connectivity index (χ4n) is 2.33. The first-order valence-electron chi connectivity index (χ1n) is 6.58. The number of rotatable bonds is 6. The Hall–Kier alpha value is -1.32. The molecule has 0 bridgehead atoms. The van der Waals surface area contributed by atoms with E-state index in [1.165, 1.54) is 0 Å². The van der Waals surface area contributed by atoms with Gasteiger partial charge in [0.25, 0.3) is 0 Å². The van der Waals surface area contributed by atoms with Crippen LogP contribution in [0.5, 0.6) is 0 Å².